The fourth-order valence-electron chi connectivity index (χ4n) is 4.73. The zero-order chi connectivity index (χ0) is 26.0. The molecule has 0 radical (unpaired) electrons. The van der Waals surface area contributed by atoms with E-state index in [9.17, 15) is 23.4 Å². The number of piperidine rings is 1. The van der Waals surface area contributed by atoms with E-state index in [-0.39, 0.29) is 36.3 Å². The quantitative estimate of drug-likeness (QED) is 0.384. The molecule has 1 fully saturated rings. The maximum atomic E-state index is 13.5. The number of hydrogen-bond donors (Lipinski definition) is 3. The molecule has 0 saturated carbocycles. The number of hydrogen-bond acceptors (Lipinski definition) is 8. The van der Waals surface area contributed by atoms with Crippen LogP contribution in [0.25, 0.3) is 22.4 Å². The molecule has 1 aliphatic rings. The molecule has 1 atom stereocenters. The van der Waals surface area contributed by atoms with E-state index in [1.54, 1.807) is 13.1 Å². The minimum atomic E-state index is -3.85. The summed E-state index contributed by atoms with van der Waals surface area (Å²) in [6.07, 6.45) is 1.57. The van der Waals surface area contributed by atoms with Crippen molar-refractivity contribution in [3.63, 3.8) is 0 Å². The maximum Gasteiger partial charge on any atom is 0.299 e. The second-order valence-electron chi connectivity index (χ2n) is 9.02. The molecule has 1 aromatic carbocycles. The highest BCUT2D eigenvalue weighted by atomic mass is 32.2. The van der Waals surface area contributed by atoms with Gasteiger partial charge in [-0.3, -0.25) is 9.48 Å². The first-order chi connectivity index (χ1) is 17.2. The Balaban J connectivity index is 1.76. The molecule has 36 heavy (non-hydrogen) atoms. The first-order valence-electron chi connectivity index (χ1n) is 12.2. The predicted molar refractivity (Wildman–Crippen MR) is 134 cm³/mol. The molecule has 196 valence electrons. The third-order valence-corrected chi connectivity index (χ3v) is 8.53. The lowest BCUT2D eigenvalue weighted by Gasteiger charge is -2.33. The van der Waals surface area contributed by atoms with Gasteiger partial charge in [0.15, 0.2) is 5.52 Å². The number of aliphatic hydroxyl groups is 2. The molecule has 11 nitrogen and oxygen atoms in total. The van der Waals surface area contributed by atoms with Gasteiger partial charge in [-0.05, 0) is 50.3 Å². The highest BCUT2D eigenvalue weighted by molar-refractivity contribution is 7.89. The Bertz CT molecular complexity index is 1390. The molecule has 0 amide bonds. The van der Waals surface area contributed by atoms with Crippen LogP contribution in [0.2, 0.25) is 0 Å². The topological polar surface area (TPSA) is 151 Å². The largest absolute Gasteiger partial charge is 0.493 e. The fourth-order valence-corrected chi connectivity index (χ4v) is 6.23. The molecule has 0 unspecified atom stereocenters. The number of aromatic nitrogens is 4. The summed E-state index contributed by atoms with van der Waals surface area (Å²) < 4.78 is 35.6. The van der Waals surface area contributed by atoms with Crippen LogP contribution < -0.4 is 10.3 Å². The molecular weight excluding hydrogens is 486 g/mol. The fraction of sp³-hybridized carbons (Fsp3) is 0.542. The summed E-state index contributed by atoms with van der Waals surface area (Å²) >= 11 is 0. The van der Waals surface area contributed by atoms with Gasteiger partial charge in [0.1, 0.15) is 11.6 Å². The molecule has 2 aromatic heterocycles. The van der Waals surface area contributed by atoms with Crippen molar-refractivity contribution in [1.82, 2.24) is 24.1 Å². The maximum absolute atomic E-state index is 13.5. The lowest BCUT2D eigenvalue weighted by molar-refractivity contribution is 0.0278. The Kier molecular flexibility index (Phi) is 7.79. The molecule has 1 aliphatic heterocycles. The zero-order valence-electron chi connectivity index (χ0n) is 20.8. The van der Waals surface area contributed by atoms with Crippen molar-refractivity contribution < 1.29 is 23.4 Å². The number of fused-ring (bicyclic) bond motifs is 1. The molecule has 1 saturated heterocycles. The standard InChI is InChI=1S/C24H33N5O6S/c1-4-6-18-21-22(28(3)27-18)24(32)26-23(25-21)17-13-16(7-8-20(17)35-5-2)36(33,34)29-11-9-15(10-12-29)19(31)14-30/h7-8,13,15,19,30-31H,4-6,9-12,14H2,1-3H3,(H,25,26,32)/t19-/m0/s1. The number of H-pyrrole nitrogens is 1. The van der Waals surface area contributed by atoms with Gasteiger partial charge in [0.2, 0.25) is 10.0 Å². The molecule has 0 spiro atoms. The Morgan fingerprint density at radius 3 is 2.61 bits per heavy atom. The van der Waals surface area contributed by atoms with E-state index >= 15 is 0 Å². The van der Waals surface area contributed by atoms with Crippen LogP contribution >= 0.6 is 0 Å². The van der Waals surface area contributed by atoms with Gasteiger partial charge in [0.05, 0.1) is 41.0 Å². The number of aliphatic hydroxyl groups excluding tert-OH is 2. The summed E-state index contributed by atoms with van der Waals surface area (Å²) in [7, 11) is -2.15. The number of aromatic amines is 1. The van der Waals surface area contributed by atoms with Crippen molar-refractivity contribution in [1.29, 1.82) is 0 Å². The Morgan fingerprint density at radius 2 is 1.97 bits per heavy atom. The first kappa shape index (κ1) is 26.3. The van der Waals surface area contributed by atoms with Crippen molar-refractivity contribution in [3.05, 3.63) is 34.2 Å². The summed E-state index contributed by atoms with van der Waals surface area (Å²) in [5, 5.41) is 23.6. The molecule has 3 N–H and O–H groups in total. The van der Waals surface area contributed by atoms with Gasteiger partial charge in [-0.2, -0.15) is 14.4 Å². The van der Waals surface area contributed by atoms with Crippen molar-refractivity contribution in [2.75, 3.05) is 26.3 Å². The lowest BCUT2D eigenvalue weighted by Crippen LogP contribution is -2.41. The van der Waals surface area contributed by atoms with Crippen LogP contribution in [0.3, 0.4) is 0 Å². The molecule has 0 aliphatic carbocycles. The van der Waals surface area contributed by atoms with Gasteiger partial charge < -0.3 is 19.9 Å². The Morgan fingerprint density at radius 1 is 1.25 bits per heavy atom. The first-order valence-corrected chi connectivity index (χ1v) is 13.7. The third-order valence-electron chi connectivity index (χ3n) is 6.64. The van der Waals surface area contributed by atoms with Crippen LogP contribution in [-0.4, -0.2) is 75.1 Å². The minimum absolute atomic E-state index is 0.0600. The second-order valence-corrected chi connectivity index (χ2v) is 11.0. The van der Waals surface area contributed by atoms with Gasteiger partial charge in [-0.1, -0.05) is 13.3 Å². The van der Waals surface area contributed by atoms with Crippen LogP contribution in [0.5, 0.6) is 5.75 Å². The summed E-state index contributed by atoms with van der Waals surface area (Å²) in [5.74, 6) is 0.475. The number of ether oxygens (including phenoxy) is 1. The Labute approximate surface area is 209 Å². The van der Waals surface area contributed by atoms with Crippen LogP contribution in [0.15, 0.2) is 27.9 Å². The van der Waals surface area contributed by atoms with Crippen molar-refractivity contribution in [2.45, 2.75) is 50.5 Å². The van der Waals surface area contributed by atoms with Crippen LogP contribution in [0.4, 0.5) is 0 Å². The van der Waals surface area contributed by atoms with Gasteiger partial charge in [-0.15, -0.1) is 0 Å². The normalized spacial score (nSPS) is 16.5. The smallest absolute Gasteiger partial charge is 0.299 e. The molecule has 3 heterocycles. The number of aryl methyl sites for hydroxylation is 2. The van der Waals surface area contributed by atoms with E-state index in [0.717, 1.165) is 12.1 Å². The second kappa shape index (κ2) is 10.7. The van der Waals surface area contributed by atoms with Gasteiger partial charge >= 0.3 is 0 Å². The average Bonchev–Trinajstić information content (AvgIpc) is 3.19. The van der Waals surface area contributed by atoms with Crippen molar-refractivity contribution in [2.24, 2.45) is 13.0 Å². The van der Waals surface area contributed by atoms with Gasteiger partial charge in [0, 0.05) is 20.1 Å². The monoisotopic (exact) mass is 519 g/mol. The van der Waals surface area contributed by atoms with Gasteiger partial charge in [0.25, 0.3) is 5.56 Å². The number of nitrogens with zero attached hydrogens (tertiary/aromatic N) is 4. The highest BCUT2D eigenvalue weighted by Crippen LogP contribution is 2.33. The van der Waals surface area contributed by atoms with Crippen LogP contribution in [0, 0.1) is 5.92 Å². The van der Waals surface area contributed by atoms with Crippen LogP contribution in [0.1, 0.15) is 38.8 Å². The number of rotatable bonds is 9. The Hall–Kier alpha value is -2.80. The molecular formula is C24H33N5O6S. The number of nitrogens with one attached hydrogen (secondary N) is 1. The van der Waals surface area contributed by atoms with E-state index in [0.29, 0.717) is 48.2 Å². The summed E-state index contributed by atoms with van der Waals surface area (Å²) in [4.78, 5) is 20.4. The van der Waals surface area contributed by atoms with E-state index in [2.05, 4.69) is 15.1 Å². The number of benzene rings is 1. The van der Waals surface area contributed by atoms with Crippen molar-refractivity contribution in [3.8, 4) is 17.1 Å². The lowest BCUT2D eigenvalue weighted by atomic mass is 9.93. The molecule has 3 aromatic rings. The van der Waals surface area contributed by atoms with Crippen LogP contribution in [-0.2, 0) is 23.5 Å². The average molecular weight is 520 g/mol. The highest BCUT2D eigenvalue weighted by Gasteiger charge is 2.32. The summed E-state index contributed by atoms with van der Waals surface area (Å²) in [5.41, 5.74) is 1.59. The molecule has 12 heteroatoms. The number of sulfonamides is 1. The summed E-state index contributed by atoms with van der Waals surface area (Å²) in [6, 6.07) is 4.55. The van der Waals surface area contributed by atoms with Crippen molar-refractivity contribution >= 4 is 21.1 Å². The SMILES string of the molecule is CCCc1nn(C)c2c(=O)nc(-c3cc(S(=O)(=O)N4CCC([C@@H](O)CO)CC4)ccc3OCC)[nH]c12. The third kappa shape index (κ3) is 4.90. The molecule has 4 rings (SSSR count). The van der Waals surface area contributed by atoms with E-state index in [1.165, 1.54) is 21.1 Å². The van der Waals surface area contributed by atoms with E-state index in [4.69, 9.17) is 4.74 Å². The minimum Gasteiger partial charge on any atom is -0.493 e. The predicted octanol–water partition coefficient (Wildman–Crippen LogP) is 1.43. The summed E-state index contributed by atoms with van der Waals surface area (Å²) in [6.45, 7) is 4.33. The van der Waals surface area contributed by atoms with E-state index in [1.807, 2.05) is 13.8 Å². The van der Waals surface area contributed by atoms with E-state index < -0.39 is 21.7 Å². The van der Waals surface area contributed by atoms with Gasteiger partial charge in [-0.25, -0.2) is 8.42 Å². The zero-order valence-corrected chi connectivity index (χ0v) is 21.6. The molecule has 0 bridgehead atoms.